The molecule has 21 heavy (non-hydrogen) atoms. The number of esters is 1. The molecule has 0 spiro atoms. The maximum atomic E-state index is 12.1. The Balaban J connectivity index is 2.41. The van der Waals surface area contributed by atoms with Gasteiger partial charge in [0.05, 0.1) is 12.7 Å². The van der Waals surface area contributed by atoms with Crippen LogP contribution < -0.4 is 5.32 Å². The van der Waals surface area contributed by atoms with Crippen molar-refractivity contribution in [2.45, 2.75) is 71.9 Å². The molecule has 1 aliphatic rings. The lowest BCUT2D eigenvalue weighted by molar-refractivity contribution is -0.151. The molecule has 1 fully saturated rings. The molecule has 1 rings (SSSR count). The fourth-order valence-electron chi connectivity index (χ4n) is 3.02. The lowest BCUT2D eigenvalue weighted by Crippen LogP contribution is -2.51. The lowest BCUT2D eigenvalue weighted by atomic mass is 9.80. The van der Waals surface area contributed by atoms with Gasteiger partial charge in [0.15, 0.2) is 0 Å². The molecule has 1 saturated carbocycles. The highest BCUT2D eigenvalue weighted by Crippen LogP contribution is 2.31. The SMILES string of the molecule is CCNC(C)(CCOC1CCC(C)C(C)C1)C(=O)OCC. The zero-order valence-corrected chi connectivity index (χ0v) is 14.4. The molecular formula is C17H33NO3. The van der Waals surface area contributed by atoms with Crippen LogP contribution in [0.4, 0.5) is 0 Å². The first-order valence-corrected chi connectivity index (χ1v) is 8.46. The van der Waals surface area contributed by atoms with E-state index in [1.165, 1.54) is 6.42 Å². The Morgan fingerprint density at radius 1 is 1.24 bits per heavy atom. The number of carbonyl (C=O) groups excluding carboxylic acids is 1. The van der Waals surface area contributed by atoms with Gasteiger partial charge in [0, 0.05) is 6.61 Å². The summed E-state index contributed by atoms with van der Waals surface area (Å²) in [5, 5.41) is 3.24. The molecular weight excluding hydrogens is 266 g/mol. The van der Waals surface area contributed by atoms with Crippen molar-refractivity contribution in [2.75, 3.05) is 19.8 Å². The number of ether oxygens (including phenoxy) is 2. The van der Waals surface area contributed by atoms with E-state index in [-0.39, 0.29) is 5.97 Å². The quantitative estimate of drug-likeness (QED) is 0.699. The van der Waals surface area contributed by atoms with Crippen LogP contribution in [-0.4, -0.2) is 37.4 Å². The molecule has 0 amide bonds. The predicted molar refractivity (Wildman–Crippen MR) is 85.3 cm³/mol. The number of hydrogen-bond acceptors (Lipinski definition) is 4. The molecule has 4 unspecified atom stereocenters. The molecule has 0 aromatic carbocycles. The third-order valence-corrected chi connectivity index (χ3v) is 4.80. The average Bonchev–Trinajstić information content (AvgIpc) is 2.43. The number of hydrogen-bond donors (Lipinski definition) is 1. The molecule has 4 nitrogen and oxygen atoms in total. The van der Waals surface area contributed by atoms with Crippen LogP contribution in [0, 0.1) is 11.8 Å². The van der Waals surface area contributed by atoms with Gasteiger partial charge in [-0.3, -0.25) is 4.79 Å². The van der Waals surface area contributed by atoms with Gasteiger partial charge in [-0.25, -0.2) is 0 Å². The Kier molecular flexibility index (Phi) is 7.67. The van der Waals surface area contributed by atoms with Crippen molar-refractivity contribution in [1.82, 2.24) is 5.32 Å². The second-order valence-corrected chi connectivity index (χ2v) is 6.59. The van der Waals surface area contributed by atoms with Crippen LogP contribution in [-0.2, 0) is 14.3 Å². The van der Waals surface area contributed by atoms with E-state index >= 15 is 0 Å². The minimum Gasteiger partial charge on any atom is -0.465 e. The van der Waals surface area contributed by atoms with Crippen molar-refractivity contribution in [1.29, 1.82) is 0 Å². The standard InChI is InChI=1S/C17H33NO3/c1-6-18-17(5,16(19)20-7-2)10-11-21-15-9-8-13(3)14(4)12-15/h13-15,18H,6-12H2,1-5H3. The van der Waals surface area contributed by atoms with Crippen LogP contribution in [0.5, 0.6) is 0 Å². The van der Waals surface area contributed by atoms with Crippen LogP contribution in [0.2, 0.25) is 0 Å². The molecule has 0 heterocycles. The summed E-state index contributed by atoms with van der Waals surface area (Å²) in [6.07, 6.45) is 4.53. The van der Waals surface area contributed by atoms with Crippen LogP contribution in [0.15, 0.2) is 0 Å². The Hall–Kier alpha value is -0.610. The maximum Gasteiger partial charge on any atom is 0.326 e. The summed E-state index contributed by atoms with van der Waals surface area (Å²) in [4.78, 5) is 12.1. The van der Waals surface area contributed by atoms with E-state index in [1.807, 2.05) is 20.8 Å². The van der Waals surface area contributed by atoms with Gasteiger partial charge < -0.3 is 14.8 Å². The maximum absolute atomic E-state index is 12.1. The first kappa shape index (κ1) is 18.4. The van der Waals surface area contributed by atoms with Crippen molar-refractivity contribution in [3.63, 3.8) is 0 Å². The fraction of sp³-hybridized carbons (Fsp3) is 0.941. The number of likely N-dealkylation sites (N-methyl/N-ethyl adjacent to an activating group) is 1. The number of rotatable bonds is 8. The fourth-order valence-corrected chi connectivity index (χ4v) is 3.02. The molecule has 0 radical (unpaired) electrons. The van der Waals surface area contributed by atoms with Crippen molar-refractivity contribution in [2.24, 2.45) is 11.8 Å². The van der Waals surface area contributed by atoms with Crippen molar-refractivity contribution < 1.29 is 14.3 Å². The Morgan fingerprint density at radius 2 is 1.95 bits per heavy atom. The molecule has 0 aromatic rings. The molecule has 0 aliphatic heterocycles. The minimum absolute atomic E-state index is 0.180. The summed E-state index contributed by atoms with van der Waals surface area (Å²) in [7, 11) is 0. The third-order valence-electron chi connectivity index (χ3n) is 4.80. The predicted octanol–water partition coefficient (Wildman–Crippen LogP) is 3.15. The van der Waals surface area contributed by atoms with E-state index in [4.69, 9.17) is 9.47 Å². The van der Waals surface area contributed by atoms with Crippen LogP contribution >= 0.6 is 0 Å². The van der Waals surface area contributed by atoms with Gasteiger partial charge in [-0.1, -0.05) is 20.8 Å². The summed E-state index contributed by atoms with van der Waals surface area (Å²) in [5.74, 6) is 1.35. The minimum atomic E-state index is -0.641. The van der Waals surface area contributed by atoms with E-state index < -0.39 is 5.54 Å². The van der Waals surface area contributed by atoms with Gasteiger partial charge in [0.25, 0.3) is 0 Å². The van der Waals surface area contributed by atoms with Gasteiger partial charge in [-0.2, -0.15) is 0 Å². The van der Waals surface area contributed by atoms with Gasteiger partial charge >= 0.3 is 5.97 Å². The highest BCUT2D eigenvalue weighted by Gasteiger charge is 2.34. The zero-order valence-electron chi connectivity index (χ0n) is 14.4. The first-order valence-electron chi connectivity index (χ1n) is 8.46. The van der Waals surface area contributed by atoms with Crippen LogP contribution in [0.3, 0.4) is 0 Å². The average molecular weight is 299 g/mol. The highest BCUT2D eigenvalue weighted by atomic mass is 16.5. The van der Waals surface area contributed by atoms with Gasteiger partial charge in [0.2, 0.25) is 0 Å². The van der Waals surface area contributed by atoms with Gasteiger partial charge in [-0.15, -0.1) is 0 Å². The largest absolute Gasteiger partial charge is 0.465 e. The summed E-state index contributed by atoms with van der Waals surface area (Å²) >= 11 is 0. The molecule has 0 saturated heterocycles. The Bertz CT molecular complexity index is 321. The summed E-state index contributed by atoms with van der Waals surface area (Å²) in [6, 6.07) is 0. The molecule has 124 valence electrons. The molecule has 1 aliphatic carbocycles. The van der Waals surface area contributed by atoms with Crippen LogP contribution in [0.25, 0.3) is 0 Å². The Morgan fingerprint density at radius 3 is 2.52 bits per heavy atom. The summed E-state index contributed by atoms with van der Waals surface area (Å²) in [5.41, 5.74) is -0.641. The molecule has 0 bridgehead atoms. The monoisotopic (exact) mass is 299 g/mol. The van der Waals surface area contributed by atoms with Gasteiger partial charge in [-0.05, 0) is 57.9 Å². The molecule has 0 aromatic heterocycles. The second kappa shape index (κ2) is 8.74. The van der Waals surface area contributed by atoms with E-state index in [0.29, 0.717) is 25.7 Å². The molecule has 4 heteroatoms. The van der Waals surface area contributed by atoms with E-state index in [2.05, 4.69) is 19.2 Å². The van der Waals surface area contributed by atoms with Gasteiger partial charge in [0.1, 0.15) is 5.54 Å². The van der Waals surface area contributed by atoms with E-state index in [0.717, 1.165) is 31.2 Å². The summed E-state index contributed by atoms with van der Waals surface area (Å²) in [6.45, 7) is 12.1. The highest BCUT2D eigenvalue weighted by molar-refractivity contribution is 5.80. The third kappa shape index (κ3) is 5.59. The second-order valence-electron chi connectivity index (χ2n) is 6.59. The van der Waals surface area contributed by atoms with Crippen molar-refractivity contribution in [3.8, 4) is 0 Å². The number of carbonyl (C=O) groups is 1. The topological polar surface area (TPSA) is 47.6 Å². The zero-order chi connectivity index (χ0) is 15.9. The number of nitrogens with one attached hydrogen (secondary N) is 1. The molecule has 1 N–H and O–H groups in total. The normalized spacial score (nSPS) is 28.9. The van der Waals surface area contributed by atoms with Crippen molar-refractivity contribution >= 4 is 5.97 Å². The van der Waals surface area contributed by atoms with Crippen LogP contribution in [0.1, 0.15) is 60.3 Å². The van der Waals surface area contributed by atoms with E-state index in [1.54, 1.807) is 0 Å². The first-order chi connectivity index (χ1) is 9.92. The lowest BCUT2D eigenvalue weighted by Gasteiger charge is -2.33. The molecule has 4 atom stereocenters. The summed E-state index contributed by atoms with van der Waals surface area (Å²) < 4.78 is 11.2. The smallest absolute Gasteiger partial charge is 0.326 e. The van der Waals surface area contributed by atoms with Crippen molar-refractivity contribution in [3.05, 3.63) is 0 Å². The van der Waals surface area contributed by atoms with E-state index in [9.17, 15) is 4.79 Å². The Labute approximate surface area is 130 Å².